The van der Waals surface area contributed by atoms with Crippen LogP contribution in [0.2, 0.25) is 0 Å². The van der Waals surface area contributed by atoms with Gasteiger partial charge in [-0.2, -0.15) is 0 Å². The second-order valence-corrected chi connectivity index (χ2v) is 9.86. The van der Waals surface area contributed by atoms with Gasteiger partial charge in [-0.1, -0.05) is 30.3 Å². The normalized spacial score (nSPS) is 11.5. The molecule has 7 nitrogen and oxygen atoms in total. The predicted molar refractivity (Wildman–Crippen MR) is 120 cm³/mol. The number of rotatable bonds is 6. The summed E-state index contributed by atoms with van der Waals surface area (Å²) in [5.41, 5.74) is 3.15. The standard InChI is InChI=1S/C21H20N4O3S2/c1-14-19(20(26)24-30(2,27)28)23-21(29-14)25(13-15-6-4-3-5-7-15)17-8-9-18-16(12-17)10-11-22-18/h3-12,22H,13H2,1-2H3,(H,24,26). The minimum atomic E-state index is -3.67. The van der Waals surface area contributed by atoms with Gasteiger partial charge in [-0.05, 0) is 36.8 Å². The Hall–Kier alpha value is -3.17. The van der Waals surface area contributed by atoms with Crippen molar-refractivity contribution in [1.82, 2.24) is 14.7 Å². The van der Waals surface area contributed by atoms with Crippen LogP contribution in [-0.2, 0) is 16.6 Å². The minimum absolute atomic E-state index is 0.112. The molecule has 0 spiro atoms. The van der Waals surface area contributed by atoms with Gasteiger partial charge in [0.1, 0.15) is 5.69 Å². The Morgan fingerprint density at radius 3 is 2.67 bits per heavy atom. The molecule has 0 saturated heterocycles. The number of hydrogen-bond acceptors (Lipinski definition) is 6. The van der Waals surface area contributed by atoms with Gasteiger partial charge in [-0.15, -0.1) is 11.3 Å². The van der Waals surface area contributed by atoms with Gasteiger partial charge >= 0.3 is 0 Å². The van der Waals surface area contributed by atoms with Crippen LogP contribution in [0.3, 0.4) is 0 Å². The van der Waals surface area contributed by atoms with E-state index in [9.17, 15) is 13.2 Å². The summed E-state index contributed by atoms with van der Waals surface area (Å²) in [6.45, 7) is 2.31. The van der Waals surface area contributed by atoms with Gasteiger partial charge in [0, 0.05) is 27.7 Å². The first-order valence-corrected chi connectivity index (χ1v) is 11.9. The van der Waals surface area contributed by atoms with Crippen LogP contribution in [0.4, 0.5) is 10.8 Å². The summed E-state index contributed by atoms with van der Waals surface area (Å²) in [5.74, 6) is -0.724. The van der Waals surface area contributed by atoms with Crippen molar-refractivity contribution in [2.75, 3.05) is 11.2 Å². The Bertz CT molecular complexity index is 1310. The highest BCUT2D eigenvalue weighted by atomic mass is 32.2. The zero-order valence-electron chi connectivity index (χ0n) is 16.4. The summed E-state index contributed by atoms with van der Waals surface area (Å²) >= 11 is 1.35. The molecule has 154 valence electrons. The van der Waals surface area contributed by atoms with Crippen molar-refractivity contribution in [2.45, 2.75) is 13.5 Å². The van der Waals surface area contributed by atoms with Crippen molar-refractivity contribution in [3.63, 3.8) is 0 Å². The van der Waals surface area contributed by atoms with Crippen molar-refractivity contribution in [3.8, 4) is 0 Å². The number of aromatic nitrogens is 2. The number of anilines is 2. The zero-order valence-corrected chi connectivity index (χ0v) is 18.0. The Labute approximate surface area is 178 Å². The van der Waals surface area contributed by atoms with E-state index in [4.69, 9.17) is 0 Å². The molecule has 2 N–H and O–H groups in total. The first-order chi connectivity index (χ1) is 14.3. The number of carbonyl (C=O) groups is 1. The van der Waals surface area contributed by atoms with Crippen molar-refractivity contribution in [1.29, 1.82) is 0 Å². The molecule has 9 heteroatoms. The molecule has 0 saturated carbocycles. The average molecular weight is 441 g/mol. The van der Waals surface area contributed by atoms with Gasteiger partial charge in [0.05, 0.1) is 12.8 Å². The Kier molecular flexibility index (Phi) is 5.31. The second kappa shape index (κ2) is 7.92. The number of H-pyrrole nitrogens is 1. The second-order valence-electron chi connectivity index (χ2n) is 6.93. The molecule has 0 fully saturated rings. The number of amides is 1. The molecular weight excluding hydrogens is 420 g/mol. The SMILES string of the molecule is Cc1sc(N(Cc2ccccc2)c2ccc3[nH]ccc3c2)nc1C(=O)NS(C)(=O)=O. The molecule has 0 radical (unpaired) electrons. The molecule has 2 aromatic carbocycles. The highest BCUT2D eigenvalue weighted by Crippen LogP contribution is 2.34. The summed E-state index contributed by atoms with van der Waals surface area (Å²) in [7, 11) is -3.67. The number of fused-ring (bicyclic) bond motifs is 1. The largest absolute Gasteiger partial charge is 0.361 e. The third-order valence-electron chi connectivity index (χ3n) is 4.54. The molecule has 0 bridgehead atoms. The van der Waals surface area contributed by atoms with Crippen LogP contribution in [0.25, 0.3) is 10.9 Å². The quantitative estimate of drug-likeness (QED) is 0.473. The van der Waals surface area contributed by atoms with E-state index in [0.29, 0.717) is 16.6 Å². The molecule has 0 aliphatic heterocycles. The van der Waals surface area contributed by atoms with Crippen molar-refractivity contribution in [2.24, 2.45) is 0 Å². The number of aromatic amines is 1. The summed E-state index contributed by atoms with van der Waals surface area (Å²) in [6.07, 6.45) is 2.83. The molecule has 2 aromatic heterocycles. The molecule has 30 heavy (non-hydrogen) atoms. The van der Waals surface area contributed by atoms with Gasteiger partial charge in [-0.25, -0.2) is 18.1 Å². The molecular formula is C21H20N4O3S2. The number of sulfonamides is 1. The van der Waals surface area contributed by atoms with Crippen LogP contribution in [0.5, 0.6) is 0 Å². The Balaban J connectivity index is 1.76. The van der Waals surface area contributed by atoms with E-state index in [2.05, 4.69) is 16.0 Å². The third kappa shape index (κ3) is 4.37. The first-order valence-electron chi connectivity index (χ1n) is 9.18. The van der Waals surface area contributed by atoms with Crippen LogP contribution >= 0.6 is 11.3 Å². The number of thiazole rings is 1. The molecule has 0 atom stereocenters. The fraction of sp³-hybridized carbons (Fsp3) is 0.143. The van der Waals surface area contributed by atoms with Gasteiger partial charge in [0.2, 0.25) is 10.0 Å². The number of hydrogen-bond donors (Lipinski definition) is 2. The molecule has 2 heterocycles. The maximum absolute atomic E-state index is 12.4. The van der Waals surface area contributed by atoms with E-state index in [1.807, 2.05) is 64.3 Å². The van der Waals surface area contributed by atoms with Crippen LogP contribution in [0.1, 0.15) is 20.9 Å². The van der Waals surface area contributed by atoms with Gasteiger partial charge in [0.15, 0.2) is 5.13 Å². The third-order valence-corrected chi connectivity index (χ3v) is 6.09. The predicted octanol–water partition coefficient (Wildman–Crippen LogP) is 3.96. The van der Waals surface area contributed by atoms with E-state index >= 15 is 0 Å². The first kappa shape index (κ1) is 20.1. The summed E-state index contributed by atoms with van der Waals surface area (Å²) in [4.78, 5) is 22.7. The van der Waals surface area contributed by atoms with Crippen LogP contribution < -0.4 is 9.62 Å². The van der Waals surface area contributed by atoms with Crippen LogP contribution in [0.15, 0.2) is 60.8 Å². The summed E-state index contributed by atoms with van der Waals surface area (Å²) < 4.78 is 24.9. The molecule has 0 aliphatic rings. The molecule has 1 amide bonds. The topological polar surface area (TPSA) is 95.2 Å². The van der Waals surface area contributed by atoms with Crippen molar-refractivity contribution in [3.05, 3.63) is 76.9 Å². The van der Waals surface area contributed by atoms with Gasteiger partial charge in [0.25, 0.3) is 5.91 Å². The molecule has 4 aromatic rings. The van der Waals surface area contributed by atoms with Gasteiger partial charge < -0.3 is 9.88 Å². The smallest absolute Gasteiger partial charge is 0.284 e. The van der Waals surface area contributed by atoms with Crippen LogP contribution in [-0.4, -0.2) is 30.5 Å². The highest BCUT2D eigenvalue weighted by molar-refractivity contribution is 7.89. The fourth-order valence-corrected chi connectivity index (χ4v) is 4.53. The lowest BCUT2D eigenvalue weighted by atomic mass is 10.2. The number of benzene rings is 2. The zero-order chi connectivity index (χ0) is 21.3. The number of carbonyl (C=O) groups excluding carboxylic acids is 1. The maximum Gasteiger partial charge on any atom is 0.284 e. The van der Waals surface area contributed by atoms with E-state index in [1.165, 1.54) is 11.3 Å². The van der Waals surface area contributed by atoms with Crippen LogP contribution in [0, 0.1) is 6.92 Å². The fourth-order valence-electron chi connectivity index (χ4n) is 3.17. The Morgan fingerprint density at radius 2 is 1.93 bits per heavy atom. The van der Waals surface area contributed by atoms with E-state index < -0.39 is 15.9 Å². The summed E-state index contributed by atoms with van der Waals surface area (Å²) in [5, 5.41) is 1.68. The molecule has 4 rings (SSSR count). The van der Waals surface area contributed by atoms with E-state index in [0.717, 1.165) is 28.4 Å². The number of aryl methyl sites for hydroxylation is 1. The maximum atomic E-state index is 12.4. The van der Waals surface area contributed by atoms with E-state index in [1.54, 1.807) is 6.92 Å². The number of nitrogens with one attached hydrogen (secondary N) is 2. The summed E-state index contributed by atoms with van der Waals surface area (Å²) in [6, 6.07) is 18.0. The van der Waals surface area contributed by atoms with E-state index in [-0.39, 0.29) is 5.69 Å². The lowest BCUT2D eigenvalue weighted by molar-refractivity contribution is 0.0977. The van der Waals surface area contributed by atoms with Gasteiger partial charge in [-0.3, -0.25) is 4.79 Å². The molecule has 0 aliphatic carbocycles. The highest BCUT2D eigenvalue weighted by Gasteiger charge is 2.22. The molecule has 0 unspecified atom stereocenters. The lowest BCUT2D eigenvalue weighted by Gasteiger charge is -2.22. The van der Waals surface area contributed by atoms with Crippen molar-refractivity contribution < 1.29 is 13.2 Å². The average Bonchev–Trinajstić information content (AvgIpc) is 3.31. The Morgan fingerprint density at radius 1 is 1.17 bits per heavy atom. The van der Waals surface area contributed by atoms with Crippen molar-refractivity contribution >= 4 is 49.0 Å². The monoisotopic (exact) mass is 440 g/mol. The minimum Gasteiger partial charge on any atom is -0.361 e. The lowest BCUT2D eigenvalue weighted by Crippen LogP contribution is -2.30. The number of nitrogens with zero attached hydrogens (tertiary/aromatic N) is 2.